The minimum Gasteiger partial charge on any atom is -0.296 e. The number of hydrogen-bond acceptors (Lipinski definition) is 7. The smallest absolute Gasteiger partial charge is 0.217 e. The number of nitrogens with zero attached hydrogens (tertiary/aromatic N) is 6. The lowest BCUT2D eigenvalue weighted by atomic mass is 10.3. The van der Waals surface area contributed by atoms with E-state index >= 15 is 0 Å². The SMILES string of the molecule is S=c1n(Cc2cccs2)nnn1CN1CCN(Cc2cccs2)CC1. The van der Waals surface area contributed by atoms with Crippen molar-refractivity contribution in [2.45, 2.75) is 19.8 Å². The zero-order valence-electron chi connectivity index (χ0n) is 13.8. The van der Waals surface area contributed by atoms with Gasteiger partial charge in [-0.15, -0.1) is 22.7 Å². The van der Waals surface area contributed by atoms with Crippen molar-refractivity contribution in [3.05, 3.63) is 49.6 Å². The van der Waals surface area contributed by atoms with Gasteiger partial charge in [-0.2, -0.15) is 0 Å². The molecular weight excluding hydrogens is 372 g/mol. The number of piperazine rings is 1. The maximum atomic E-state index is 5.54. The van der Waals surface area contributed by atoms with Gasteiger partial charge in [-0.3, -0.25) is 9.80 Å². The quantitative estimate of drug-likeness (QED) is 0.604. The van der Waals surface area contributed by atoms with Crippen LogP contribution in [0.1, 0.15) is 9.75 Å². The van der Waals surface area contributed by atoms with Gasteiger partial charge in [0, 0.05) is 42.5 Å². The van der Waals surface area contributed by atoms with Crippen LogP contribution in [0.2, 0.25) is 0 Å². The number of hydrogen-bond donors (Lipinski definition) is 0. The van der Waals surface area contributed by atoms with E-state index in [-0.39, 0.29) is 0 Å². The summed E-state index contributed by atoms with van der Waals surface area (Å²) in [7, 11) is 0. The first-order chi connectivity index (χ1) is 12.3. The molecule has 0 radical (unpaired) electrons. The molecule has 6 nitrogen and oxygen atoms in total. The highest BCUT2D eigenvalue weighted by Gasteiger charge is 2.18. The normalized spacial score (nSPS) is 16.5. The zero-order chi connectivity index (χ0) is 17.1. The molecule has 3 aromatic rings. The van der Waals surface area contributed by atoms with Gasteiger partial charge in [-0.05, 0) is 45.5 Å². The summed E-state index contributed by atoms with van der Waals surface area (Å²) >= 11 is 9.08. The number of tetrazole rings is 1. The Labute approximate surface area is 159 Å². The third kappa shape index (κ3) is 4.24. The molecule has 1 saturated heterocycles. The first-order valence-corrected chi connectivity index (χ1v) is 10.4. The fraction of sp³-hybridized carbons (Fsp3) is 0.438. The maximum Gasteiger partial charge on any atom is 0.217 e. The molecule has 0 aromatic carbocycles. The van der Waals surface area contributed by atoms with Gasteiger partial charge in [0.15, 0.2) is 0 Å². The third-order valence-corrected chi connectivity index (χ3v) is 6.49. The van der Waals surface area contributed by atoms with Crippen molar-refractivity contribution in [3.63, 3.8) is 0 Å². The summed E-state index contributed by atoms with van der Waals surface area (Å²) in [4.78, 5) is 7.58. The van der Waals surface area contributed by atoms with Gasteiger partial charge >= 0.3 is 0 Å². The van der Waals surface area contributed by atoms with E-state index in [0.29, 0.717) is 11.3 Å². The molecule has 3 aromatic heterocycles. The van der Waals surface area contributed by atoms with Crippen LogP contribution in [-0.4, -0.2) is 55.8 Å². The van der Waals surface area contributed by atoms with E-state index in [4.69, 9.17) is 12.2 Å². The van der Waals surface area contributed by atoms with Crippen LogP contribution in [0.4, 0.5) is 0 Å². The highest BCUT2D eigenvalue weighted by atomic mass is 32.1. The second kappa shape index (κ2) is 7.88. The Hall–Kier alpha value is -1.39. The Morgan fingerprint density at radius 1 is 0.840 bits per heavy atom. The molecule has 1 aliphatic heterocycles. The fourth-order valence-electron chi connectivity index (χ4n) is 2.95. The average molecular weight is 393 g/mol. The average Bonchev–Trinajstić information content (AvgIpc) is 3.37. The molecule has 4 rings (SSSR count). The maximum absolute atomic E-state index is 5.54. The van der Waals surface area contributed by atoms with Crippen molar-refractivity contribution >= 4 is 34.9 Å². The van der Waals surface area contributed by atoms with Crippen LogP contribution < -0.4 is 0 Å². The molecule has 0 amide bonds. The molecule has 4 heterocycles. The second-order valence-electron chi connectivity index (χ2n) is 6.11. The zero-order valence-corrected chi connectivity index (χ0v) is 16.3. The van der Waals surface area contributed by atoms with Crippen molar-refractivity contribution < 1.29 is 0 Å². The first kappa shape index (κ1) is 17.0. The summed E-state index contributed by atoms with van der Waals surface area (Å²) in [6.07, 6.45) is 0. The summed E-state index contributed by atoms with van der Waals surface area (Å²) in [5.74, 6) is 0. The predicted molar refractivity (Wildman–Crippen MR) is 103 cm³/mol. The van der Waals surface area contributed by atoms with Gasteiger partial charge in [-0.1, -0.05) is 12.1 Å². The predicted octanol–water partition coefficient (Wildman–Crippen LogP) is 2.76. The molecule has 0 N–H and O–H groups in total. The van der Waals surface area contributed by atoms with Crippen LogP contribution in [0.3, 0.4) is 0 Å². The second-order valence-corrected chi connectivity index (χ2v) is 8.54. The standard InChI is InChI=1S/C16H20N6S3/c23-16-21(12-15-4-2-10-25-15)17-18-22(16)13-20-7-5-19(6-8-20)11-14-3-1-9-24-14/h1-4,9-10H,5-8,11-13H2. The van der Waals surface area contributed by atoms with Crippen LogP contribution in [0.5, 0.6) is 0 Å². The van der Waals surface area contributed by atoms with Crippen LogP contribution in [0.15, 0.2) is 35.0 Å². The summed E-state index contributed by atoms with van der Waals surface area (Å²) in [6.45, 7) is 6.70. The Balaban J connectivity index is 1.31. The van der Waals surface area contributed by atoms with Crippen molar-refractivity contribution in [2.75, 3.05) is 26.2 Å². The Morgan fingerprint density at radius 2 is 1.44 bits per heavy atom. The summed E-state index contributed by atoms with van der Waals surface area (Å²) in [5.41, 5.74) is 0. The van der Waals surface area contributed by atoms with Gasteiger partial charge in [0.05, 0.1) is 13.2 Å². The van der Waals surface area contributed by atoms with Crippen LogP contribution >= 0.6 is 34.9 Å². The number of aromatic nitrogens is 4. The van der Waals surface area contributed by atoms with Gasteiger partial charge in [0.1, 0.15) is 0 Å². The number of rotatable bonds is 6. The highest BCUT2D eigenvalue weighted by molar-refractivity contribution is 7.71. The highest BCUT2D eigenvalue weighted by Crippen LogP contribution is 2.14. The van der Waals surface area contributed by atoms with Gasteiger partial charge in [-0.25, -0.2) is 9.36 Å². The molecule has 0 unspecified atom stereocenters. The van der Waals surface area contributed by atoms with Gasteiger partial charge in [0.2, 0.25) is 4.77 Å². The monoisotopic (exact) mass is 392 g/mol. The Morgan fingerprint density at radius 3 is 2.08 bits per heavy atom. The minimum atomic E-state index is 0.689. The van der Waals surface area contributed by atoms with Crippen molar-refractivity contribution in [1.29, 1.82) is 0 Å². The molecule has 1 aliphatic rings. The third-order valence-electron chi connectivity index (χ3n) is 4.34. The van der Waals surface area contributed by atoms with Gasteiger partial charge < -0.3 is 0 Å². The first-order valence-electron chi connectivity index (χ1n) is 8.28. The molecule has 132 valence electrons. The Kier molecular flexibility index (Phi) is 5.37. The summed E-state index contributed by atoms with van der Waals surface area (Å²) < 4.78 is 4.32. The largest absolute Gasteiger partial charge is 0.296 e. The molecule has 0 spiro atoms. The van der Waals surface area contributed by atoms with E-state index in [9.17, 15) is 0 Å². The molecule has 9 heteroatoms. The molecule has 1 fully saturated rings. The van der Waals surface area contributed by atoms with E-state index in [2.05, 4.69) is 49.2 Å². The summed E-state index contributed by atoms with van der Waals surface area (Å²) in [5, 5.41) is 12.7. The molecule has 0 atom stereocenters. The fourth-order valence-corrected chi connectivity index (χ4v) is 4.57. The molecule has 25 heavy (non-hydrogen) atoms. The van der Waals surface area contributed by atoms with Crippen LogP contribution in [0.25, 0.3) is 0 Å². The van der Waals surface area contributed by atoms with E-state index < -0.39 is 0 Å². The van der Waals surface area contributed by atoms with E-state index in [0.717, 1.165) is 39.4 Å². The molecule has 0 aliphatic carbocycles. The lowest BCUT2D eigenvalue weighted by Gasteiger charge is -2.34. The topological polar surface area (TPSA) is 42.1 Å². The minimum absolute atomic E-state index is 0.689. The Bertz CT molecular complexity index is 828. The van der Waals surface area contributed by atoms with Gasteiger partial charge in [0.25, 0.3) is 0 Å². The number of thiophene rings is 2. The van der Waals surface area contributed by atoms with Crippen molar-refractivity contribution in [3.8, 4) is 0 Å². The van der Waals surface area contributed by atoms with E-state index in [1.54, 1.807) is 16.0 Å². The lowest BCUT2D eigenvalue weighted by molar-refractivity contribution is 0.0981. The van der Waals surface area contributed by atoms with Crippen molar-refractivity contribution in [2.24, 2.45) is 0 Å². The molecular formula is C16H20N6S3. The van der Waals surface area contributed by atoms with Crippen LogP contribution in [-0.2, 0) is 19.8 Å². The van der Waals surface area contributed by atoms with Crippen LogP contribution in [0, 0.1) is 4.77 Å². The molecule has 0 bridgehead atoms. The lowest BCUT2D eigenvalue weighted by Crippen LogP contribution is -2.46. The molecule has 0 saturated carbocycles. The van der Waals surface area contributed by atoms with E-state index in [1.807, 2.05) is 22.1 Å². The van der Waals surface area contributed by atoms with E-state index in [1.165, 1.54) is 9.75 Å². The van der Waals surface area contributed by atoms with Crippen molar-refractivity contribution in [1.82, 2.24) is 29.6 Å². The summed E-state index contributed by atoms with van der Waals surface area (Å²) in [6, 6.07) is 8.47.